The van der Waals surface area contributed by atoms with Crippen molar-refractivity contribution >= 4 is 28.9 Å². The highest BCUT2D eigenvalue weighted by atomic mass is 32.1. The van der Waals surface area contributed by atoms with Crippen LogP contribution in [0.4, 0.5) is 18.9 Å². The van der Waals surface area contributed by atoms with Crippen molar-refractivity contribution in [3.8, 4) is 0 Å². The van der Waals surface area contributed by atoms with E-state index < -0.39 is 30.2 Å². The predicted octanol–water partition coefficient (Wildman–Crippen LogP) is 4.83. The first-order valence-electron chi connectivity index (χ1n) is 8.59. The van der Waals surface area contributed by atoms with E-state index in [1.807, 2.05) is 0 Å². The molecule has 1 aromatic heterocycles. The molecule has 0 radical (unpaired) electrons. The number of nitrogens with one attached hydrogen (secondary N) is 1. The zero-order valence-electron chi connectivity index (χ0n) is 14.4. The molecule has 0 aliphatic heterocycles. The van der Waals surface area contributed by atoms with E-state index in [1.54, 1.807) is 6.07 Å². The molecule has 0 unspecified atom stereocenters. The van der Waals surface area contributed by atoms with Gasteiger partial charge in [0.2, 0.25) is 0 Å². The van der Waals surface area contributed by atoms with Crippen molar-refractivity contribution in [2.75, 3.05) is 11.9 Å². The lowest BCUT2D eigenvalue weighted by molar-refractivity contribution is -0.137. The molecule has 8 heteroatoms. The van der Waals surface area contributed by atoms with Crippen LogP contribution >= 0.6 is 11.3 Å². The van der Waals surface area contributed by atoms with Crippen molar-refractivity contribution in [1.82, 2.24) is 0 Å². The van der Waals surface area contributed by atoms with E-state index in [2.05, 4.69) is 5.32 Å². The molecule has 0 fully saturated rings. The minimum absolute atomic E-state index is 0.367. The molecule has 0 bridgehead atoms. The fourth-order valence-corrected chi connectivity index (χ4v) is 4.14. The van der Waals surface area contributed by atoms with Gasteiger partial charge in [0.05, 0.1) is 11.3 Å². The summed E-state index contributed by atoms with van der Waals surface area (Å²) in [5.74, 6) is -1.45. The van der Waals surface area contributed by atoms with E-state index in [1.165, 1.54) is 34.8 Å². The van der Waals surface area contributed by atoms with Gasteiger partial charge in [-0.25, -0.2) is 4.79 Å². The maximum absolute atomic E-state index is 12.9. The number of carbonyl (C=O) groups is 2. The third kappa shape index (κ3) is 4.88. The minimum Gasteiger partial charge on any atom is -0.451 e. The van der Waals surface area contributed by atoms with Crippen molar-refractivity contribution in [1.29, 1.82) is 0 Å². The van der Waals surface area contributed by atoms with E-state index in [0.29, 0.717) is 4.88 Å². The van der Waals surface area contributed by atoms with Crippen LogP contribution in [0.1, 0.15) is 44.9 Å². The zero-order chi connectivity index (χ0) is 19.4. The lowest BCUT2D eigenvalue weighted by atomic mass is 10.1. The number of rotatable bonds is 4. The number of hydrogen-bond acceptors (Lipinski definition) is 4. The summed E-state index contributed by atoms with van der Waals surface area (Å²) in [4.78, 5) is 25.7. The molecule has 1 N–H and O–H groups in total. The molecule has 0 saturated carbocycles. The molecule has 1 aliphatic carbocycles. The summed E-state index contributed by atoms with van der Waals surface area (Å²) in [6, 6.07) is 6.44. The van der Waals surface area contributed by atoms with Gasteiger partial charge in [-0.2, -0.15) is 13.2 Å². The number of alkyl halides is 3. The number of halogens is 3. The van der Waals surface area contributed by atoms with Crippen molar-refractivity contribution in [2.24, 2.45) is 0 Å². The predicted molar refractivity (Wildman–Crippen MR) is 95.9 cm³/mol. The van der Waals surface area contributed by atoms with Gasteiger partial charge in [-0.05, 0) is 49.4 Å². The third-order valence-electron chi connectivity index (χ3n) is 4.29. The average molecular weight is 397 g/mol. The Morgan fingerprint density at radius 1 is 1.11 bits per heavy atom. The molecule has 0 saturated heterocycles. The highest BCUT2D eigenvalue weighted by Crippen LogP contribution is 2.34. The van der Waals surface area contributed by atoms with E-state index >= 15 is 0 Å². The quantitative estimate of drug-likeness (QED) is 0.594. The van der Waals surface area contributed by atoms with E-state index in [4.69, 9.17) is 4.74 Å². The van der Waals surface area contributed by atoms with Crippen LogP contribution in [-0.4, -0.2) is 18.5 Å². The number of amides is 1. The van der Waals surface area contributed by atoms with Crippen LogP contribution in [0.25, 0.3) is 0 Å². The normalized spacial score (nSPS) is 14.2. The molecule has 1 amide bonds. The minimum atomic E-state index is -4.59. The molecule has 1 aromatic carbocycles. The number of esters is 1. The lowest BCUT2D eigenvalue weighted by Crippen LogP contribution is -2.22. The Morgan fingerprint density at radius 2 is 1.85 bits per heavy atom. The number of carbonyl (C=O) groups excluding carboxylic acids is 2. The molecule has 144 valence electrons. The molecule has 0 atom stereocenters. The number of thiophene rings is 1. The second-order valence-electron chi connectivity index (χ2n) is 6.29. The topological polar surface area (TPSA) is 55.4 Å². The molecule has 2 aromatic rings. The molecule has 0 spiro atoms. The van der Waals surface area contributed by atoms with Crippen molar-refractivity contribution in [3.63, 3.8) is 0 Å². The van der Waals surface area contributed by atoms with Gasteiger partial charge in [0.15, 0.2) is 6.61 Å². The Morgan fingerprint density at radius 3 is 2.63 bits per heavy atom. The first kappa shape index (κ1) is 19.4. The number of anilines is 1. The Balaban J connectivity index is 1.59. The summed E-state index contributed by atoms with van der Waals surface area (Å²) in [5.41, 5.74) is -0.173. The second kappa shape index (κ2) is 8.12. The van der Waals surface area contributed by atoms with Crippen LogP contribution in [0.3, 0.4) is 0 Å². The Kier molecular flexibility index (Phi) is 5.84. The molecule has 27 heavy (non-hydrogen) atoms. The fraction of sp³-hybridized carbons (Fsp3) is 0.368. The number of hydrogen-bond donors (Lipinski definition) is 1. The van der Waals surface area contributed by atoms with Crippen LogP contribution in [0, 0.1) is 0 Å². The first-order valence-corrected chi connectivity index (χ1v) is 9.41. The first-order chi connectivity index (χ1) is 12.8. The Bertz CT molecular complexity index is 821. The number of fused-ring (bicyclic) bond motifs is 1. The van der Waals surface area contributed by atoms with Gasteiger partial charge in [-0.1, -0.05) is 18.6 Å². The van der Waals surface area contributed by atoms with E-state index in [-0.39, 0.29) is 5.69 Å². The number of ether oxygens (including phenoxy) is 1. The highest BCUT2D eigenvalue weighted by Gasteiger charge is 2.33. The highest BCUT2D eigenvalue weighted by molar-refractivity contribution is 7.14. The van der Waals surface area contributed by atoms with Gasteiger partial charge in [0, 0.05) is 4.88 Å². The molecule has 4 nitrogen and oxygen atoms in total. The summed E-state index contributed by atoms with van der Waals surface area (Å²) in [6.45, 7) is -0.645. The number of para-hydroxylation sites is 1. The van der Waals surface area contributed by atoms with Crippen LogP contribution in [0.2, 0.25) is 0 Å². The largest absolute Gasteiger partial charge is 0.451 e. The third-order valence-corrected chi connectivity index (χ3v) is 5.51. The molecule has 1 heterocycles. The molecule has 3 rings (SSSR count). The van der Waals surface area contributed by atoms with Gasteiger partial charge in [-0.3, -0.25) is 4.79 Å². The second-order valence-corrected chi connectivity index (χ2v) is 7.42. The molecular formula is C19H18F3NO3S. The van der Waals surface area contributed by atoms with Crippen LogP contribution in [-0.2, 0) is 28.5 Å². The summed E-state index contributed by atoms with van der Waals surface area (Å²) in [5, 5.41) is 2.15. The standard InChI is InChI=1S/C19H18F3NO3S/c20-19(21,22)13-7-4-5-8-14(13)23-17(24)11-26-18(25)16-10-12-6-2-1-3-9-15(12)27-16/h4-5,7-8,10H,1-3,6,9,11H2,(H,23,24). The number of benzene rings is 1. The van der Waals surface area contributed by atoms with Crippen LogP contribution in [0.5, 0.6) is 0 Å². The summed E-state index contributed by atoms with van der Waals surface area (Å²) >= 11 is 1.36. The Hall–Kier alpha value is -2.35. The summed E-state index contributed by atoms with van der Waals surface area (Å²) in [7, 11) is 0. The van der Waals surface area contributed by atoms with Crippen molar-refractivity contribution < 1.29 is 27.5 Å². The van der Waals surface area contributed by atoms with Crippen molar-refractivity contribution in [2.45, 2.75) is 38.3 Å². The monoisotopic (exact) mass is 397 g/mol. The average Bonchev–Trinajstić information content (AvgIpc) is 2.90. The summed E-state index contributed by atoms with van der Waals surface area (Å²) in [6.07, 6.45) is 0.605. The van der Waals surface area contributed by atoms with Gasteiger partial charge in [-0.15, -0.1) is 11.3 Å². The van der Waals surface area contributed by atoms with Gasteiger partial charge in [0.25, 0.3) is 5.91 Å². The maximum atomic E-state index is 12.9. The lowest BCUT2D eigenvalue weighted by Gasteiger charge is -2.13. The van der Waals surface area contributed by atoms with E-state index in [0.717, 1.165) is 43.4 Å². The zero-order valence-corrected chi connectivity index (χ0v) is 15.2. The molecule has 1 aliphatic rings. The Labute approximate surface area is 158 Å². The van der Waals surface area contributed by atoms with Gasteiger partial charge < -0.3 is 10.1 Å². The van der Waals surface area contributed by atoms with Gasteiger partial charge in [0.1, 0.15) is 4.88 Å². The molecular weight excluding hydrogens is 379 g/mol. The smallest absolute Gasteiger partial charge is 0.418 e. The fourth-order valence-electron chi connectivity index (χ4n) is 3.00. The van der Waals surface area contributed by atoms with Crippen molar-refractivity contribution in [3.05, 3.63) is 51.2 Å². The van der Waals surface area contributed by atoms with Gasteiger partial charge >= 0.3 is 12.1 Å². The number of aryl methyl sites for hydroxylation is 2. The van der Waals surface area contributed by atoms with E-state index in [9.17, 15) is 22.8 Å². The maximum Gasteiger partial charge on any atom is 0.418 e. The summed E-state index contributed by atoms with van der Waals surface area (Å²) < 4.78 is 43.8. The van der Waals surface area contributed by atoms with Crippen LogP contribution in [0.15, 0.2) is 30.3 Å². The SMILES string of the molecule is O=C(COC(=O)c1cc2c(s1)CCCCC2)Nc1ccccc1C(F)(F)F. The van der Waals surface area contributed by atoms with Crippen LogP contribution < -0.4 is 5.32 Å².